The lowest BCUT2D eigenvalue weighted by Crippen LogP contribution is -2.54. The van der Waals surface area contributed by atoms with E-state index in [1.165, 1.54) is 12.1 Å². The molecule has 1 N–H and O–H groups in total. The fourth-order valence-electron chi connectivity index (χ4n) is 6.11. The molecule has 3 aliphatic rings. The van der Waals surface area contributed by atoms with Gasteiger partial charge in [-0.3, -0.25) is 19.4 Å². The zero-order valence-electron chi connectivity index (χ0n) is 19.9. The molecule has 1 aliphatic carbocycles. The van der Waals surface area contributed by atoms with Gasteiger partial charge in [0.05, 0.1) is 0 Å². The highest BCUT2D eigenvalue weighted by Crippen LogP contribution is 2.46. The van der Waals surface area contributed by atoms with Crippen molar-refractivity contribution in [3.05, 3.63) is 35.6 Å². The number of carbonyl (C=O) groups is 3. The van der Waals surface area contributed by atoms with Crippen molar-refractivity contribution in [1.82, 2.24) is 20.0 Å². The van der Waals surface area contributed by atoms with Crippen molar-refractivity contribution >= 4 is 17.8 Å². The Bertz CT molecular complexity index is 919. The molecular formula is C25H35FN4O3. The molecule has 2 unspecified atom stereocenters. The minimum atomic E-state index is -0.886. The van der Waals surface area contributed by atoms with E-state index in [0.717, 1.165) is 29.8 Å². The molecule has 1 saturated carbocycles. The van der Waals surface area contributed by atoms with E-state index in [2.05, 4.69) is 31.0 Å². The van der Waals surface area contributed by atoms with Gasteiger partial charge in [-0.25, -0.2) is 9.18 Å². The van der Waals surface area contributed by atoms with Crippen LogP contribution in [-0.4, -0.2) is 70.8 Å². The van der Waals surface area contributed by atoms with Crippen molar-refractivity contribution in [2.45, 2.75) is 58.5 Å². The van der Waals surface area contributed by atoms with E-state index in [9.17, 15) is 18.8 Å². The number of nitrogens with one attached hydrogen (secondary N) is 1. The van der Waals surface area contributed by atoms with E-state index in [0.29, 0.717) is 44.9 Å². The van der Waals surface area contributed by atoms with Crippen LogP contribution in [0.4, 0.5) is 9.18 Å². The molecule has 2 atom stereocenters. The number of urea groups is 1. The smallest absolute Gasteiger partial charge is 0.325 e. The fourth-order valence-corrected chi connectivity index (χ4v) is 6.11. The molecule has 2 saturated heterocycles. The van der Waals surface area contributed by atoms with Crippen molar-refractivity contribution < 1.29 is 18.8 Å². The molecule has 2 aliphatic heterocycles. The lowest BCUT2D eigenvalue weighted by molar-refractivity contribution is -0.140. The van der Waals surface area contributed by atoms with Crippen molar-refractivity contribution in [2.24, 2.45) is 11.3 Å². The van der Waals surface area contributed by atoms with Crippen LogP contribution in [0.2, 0.25) is 0 Å². The zero-order valence-corrected chi connectivity index (χ0v) is 19.9. The first-order valence-corrected chi connectivity index (χ1v) is 12.0. The van der Waals surface area contributed by atoms with E-state index in [1.54, 1.807) is 17.0 Å². The lowest BCUT2D eigenvalue weighted by Gasteiger charge is -2.43. The third-order valence-electron chi connectivity index (χ3n) is 7.18. The molecule has 180 valence electrons. The fraction of sp³-hybridized carbons (Fsp3) is 0.640. The van der Waals surface area contributed by atoms with Crippen LogP contribution in [0.5, 0.6) is 0 Å². The second kappa shape index (κ2) is 9.05. The molecular weight excluding hydrogens is 423 g/mol. The largest absolute Gasteiger partial charge is 0.340 e. The average molecular weight is 459 g/mol. The topological polar surface area (TPSA) is 73.0 Å². The van der Waals surface area contributed by atoms with Crippen LogP contribution in [0.3, 0.4) is 0 Å². The van der Waals surface area contributed by atoms with Gasteiger partial charge >= 0.3 is 6.03 Å². The van der Waals surface area contributed by atoms with Crippen LogP contribution in [0.15, 0.2) is 24.3 Å². The van der Waals surface area contributed by atoms with Crippen LogP contribution in [0.25, 0.3) is 0 Å². The van der Waals surface area contributed by atoms with Crippen LogP contribution < -0.4 is 5.32 Å². The van der Waals surface area contributed by atoms with E-state index < -0.39 is 11.6 Å². The quantitative estimate of drug-likeness (QED) is 0.704. The number of amides is 4. The molecule has 4 amide bonds. The Morgan fingerprint density at radius 3 is 2.52 bits per heavy atom. The lowest BCUT2D eigenvalue weighted by atomic mass is 9.64. The molecule has 33 heavy (non-hydrogen) atoms. The molecule has 4 rings (SSSR count). The standard InChI is InChI=1S/C25H35FN4O3/c1-18-13-24(2,3)17-25(14-18)22(32)30(23(33)27-25)16-21(31)29-10-4-9-28(11-12-29)15-19-5-7-20(26)8-6-19/h5-8,18H,4,9-17H2,1-3H3,(H,27,33). The maximum atomic E-state index is 13.3. The zero-order chi connectivity index (χ0) is 23.8. The normalized spacial score (nSPS) is 28.2. The number of rotatable bonds is 4. The minimum absolute atomic E-state index is 0.0423. The van der Waals surface area contributed by atoms with Crippen LogP contribution >= 0.6 is 0 Å². The number of imide groups is 1. The Labute approximate surface area is 195 Å². The first-order valence-electron chi connectivity index (χ1n) is 12.0. The van der Waals surface area contributed by atoms with Crippen LogP contribution in [-0.2, 0) is 16.1 Å². The third kappa shape index (κ3) is 5.21. The van der Waals surface area contributed by atoms with E-state index in [4.69, 9.17) is 0 Å². The Kier molecular flexibility index (Phi) is 6.49. The summed E-state index contributed by atoms with van der Waals surface area (Å²) in [5, 5.41) is 2.95. The van der Waals surface area contributed by atoms with Crippen molar-refractivity contribution in [1.29, 1.82) is 0 Å². The Morgan fingerprint density at radius 2 is 1.82 bits per heavy atom. The highest BCUT2D eigenvalue weighted by atomic mass is 19.1. The van der Waals surface area contributed by atoms with Crippen molar-refractivity contribution in [2.75, 3.05) is 32.7 Å². The number of benzene rings is 1. The maximum absolute atomic E-state index is 13.3. The van der Waals surface area contributed by atoms with Gasteiger partial charge in [0, 0.05) is 32.7 Å². The van der Waals surface area contributed by atoms with Gasteiger partial charge in [0.1, 0.15) is 17.9 Å². The van der Waals surface area contributed by atoms with E-state index >= 15 is 0 Å². The van der Waals surface area contributed by atoms with Gasteiger partial charge in [-0.1, -0.05) is 32.9 Å². The van der Waals surface area contributed by atoms with Gasteiger partial charge < -0.3 is 10.2 Å². The van der Waals surface area contributed by atoms with Gasteiger partial charge in [-0.2, -0.15) is 0 Å². The third-order valence-corrected chi connectivity index (χ3v) is 7.18. The summed E-state index contributed by atoms with van der Waals surface area (Å²) in [7, 11) is 0. The number of halogens is 1. The van der Waals surface area contributed by atoms with Gasteiger partial charge in [0.2, 0.25) is 5.91 Å². The SMILES string of the molecule is CC1CC(C)(C)CC2(C1)NC(=O)N(CC(=O)N1CCCN(Cc3ccc(F)cc3)CC1)C2=O. The first-order chi connectivity index (χ1) is 15.6. The number of nitrogens with zero attached hydrogens (tertiary/aromatic N) is 3. The number of carbonyl (C=O) groups excluding carboxylic acids is 3. The minimum Gasteiger partial charge on any atom is -0.340 e. The summed E-state index contributed by atoms with van der Waals surface area (Å²) in [6.07, 6.45) is 3.04. The maximum Gasteiger partial charge on any atom is 0.325 e. The summed E-state index contributed by atoms with van der Waals surface area (Å²) in [6, 6.07) is 6.03. The summed E-state index contributed by atoms with van der Waals surface area (Å²) in [6.45, 7) is 9.53. The predicted octanol–water partition coefficient (Wildman–Crippen LogP) is 3.00. The van der Waals surface area contributed by atoms with Gasteiger partial charge in [-0.15, -0.1) is 0 Å². The Balaban J connectivity index is 1.35. The molecule has 1 spiro atoms. The highest BCUT2D eigenvalue weighted by molar-refractivity contribution is 6.09. The second-order valence-electron chi connectivity index (χ2n) is 10.9. The van der Waals surface area contributed by atoms with Crippen LogP contribution in [0, 0.1) is 17.2 Å². The molecule has 0 radical (unpaired) electrons. The first kappa shape index (κ1) is 23.7. The molecule has 0 bridgehead atoms. The van der Waals surface area contributed by atoms with Crippen LogP contribution in [0.1, 0.15) is 52.0 Å². The number of hydrogen-bond acceptors (Lipinski definition) is 4. The summed E-state index contributed by atoms with van der Waals surface area (Å²) >= 11 is 0. The van der Waals surface area contributed by atoms with Gasteiger partial charge in [0.15, 0.2) is 0 Å². The van der Waals surface area contributed by atoms with Crippen molar-refractivity contribution in [3.63, 3.8) is 0 Å². The Hall–Kier alpha value is -2.48. The molecule has 1 aromatic rings. The summed E-state index contributed by atoms with van der Waals surface area (Å²) < 4.78 is 13.2. The molecule has 8 heteroatoms. The molecule has 7 nitrogen and oxygen atoms in total. The second-order valence-corrected chi connectivity index (χ2v) is 10.9. The summed E-state index contributed by atoms with van der Waals surface area (Å²) in [5.41, 5.74) is 0.105. The summed E-state index contributed by atoms with van der Waals surface area (Å²) in [5.74, 6) is -0.373. The molecule has 3 fully saturated rings. The Morgan fingerprint density at radius 1 is 1.09 bits per heavy atom. The predicted molar refractivity (Wildman–Crippen MR) is 123 cm³/mol. The van der Waals surface area contributed by atoms with Gasteiger partial charge in [-0.05, 0) is 54.7 Å². The molecule has 0 aromatic heterocycles. The van der Waals surface area contributed by atoms with E-state index in [1.807, 2.05) is 0 Å². The van der Waals surface area contributed by atoms with Crippen molar-refractivity contribution in [3.8, 4) is 0 Å². The molecule has 1 aromatic carbocycles. The average Bonchev–Trinajstić information content (AvgIpc) is 2.89. The monoisotopic (exact) mass is 458 g/mol. The van der Waals surface area contributed by atoms with Gasteiger partial charge in [0.25, 0.3) is 5.91 Å². The number of hydrogen-bond donors (Lipinski definition) is 1. The molecule has 2 heterocycles. The summed E-state index contributed by atoms with van der Waals surface area (Å²) in [4.78, 5) is 44.2. The van der Waals surface area contributed by atoms with E-state index in [-0.39, 0.29) is 29.6 Å². The highest BCUT2D eigenvalue weighted by Gasteiger charge is 2.56.